The molecule has 0 bridgehead atoms. The van der Waals surface area contributed by atoms with Crippen molar-refractivity contribution in [3.63, 3.8) is 0 Å². The van der Waals surface area contributed by atoms with E-state index in [1.54, 1.807) is 0 Å². The van der Waals surface area contributed by atoms with Gasteiger partial charge in [-0.3, -0.25) is 4.79 Å². The van der Waals surface area contributed by atoms with Crippen LogP contribution in [0.25, 0.3) is 0 Å². The Hall–Kier alpha value is -3.44. The van der Waals surface area contributed by atoms with Crippen molar-refractivity contribution in [2.45, 2.75) is 26.8 Å². The molecule has 162 valence electrons. The number of thiocarbonyl (C=S) groups is 1. The van der Waals surface area contributed by atoms with E-state index in [2.05, 4.69) is 25.2 Å². The fraction of sp³-hybridized carbons (Fsp3) is 0.185. The second-order valence-electron chi connectivity index (χ2n) is 8.13. The van der Waals surface area contributed by atoms with E-state index < -0.39 is 0 Å². The molecule has 4 rings (SSSR count). The highest BCUT2D eigenvalue weighted by atomic mass is 32.1. The third-order valence-corrected chi connectivity index (χ3v) is 6.07. The Morgan fingerprint density at radius 2 is 1.53 bits per heavy atom. The summed E-state index contributed by atoms with van der Waals surface area (Å²) in [6.45, 7) is 6.04. The van der Waals surface area contributed by atoms with Gasteiger partial charge in [0.15, 0.2) is 10.9 Å². The Morgan fingerprint density at radius 3 is 2.16 bits per heavy atom. The number of hydrogen-bond donors (Lipinski definition) is 1. The molecule has 0 fully saturated rings. The van der Waals surface area contributed by atoms with Gasteiger partial charge in [0.1, 0.15) is 11.5 Å². The van der Waals surface area contributed by atoms with Crippen molar-refractivity contribution < 1.29 is 9.53 Å². The summed E-state index contributed by atoms with van der Waals surface area (Å²) in [5, 5.41) is 3.93. The normalized spacial score (nSPS) is 16.1. The molecule has 5 heteroatoms. The van der Waals surface area contributed by atoms with Crippen molar-refractivity contribution in [2.24, 2.45) is 0 Å². The van der Waals surface area contributed by atoms with Crippen molar-refractivity contribution in [3.05, 3.63) is 106 Å². The quantitative estimate of drug-likeness (QED) is 0.381. The maximum Gasteiger partial charge on any atom is 0.193 e. The lowest BCUT2D eigenvalue weighted by Crippen LogP contribution is -2.45. The van der Waals surface area contributed by atoms with Crippen LogP contribution in [-0.4, -0.2) is 22.8 Å². The molecule has 0 spiro atoms. The summed E-state index contributed by atoms with van der Waals surface area (Å²) in [6.07, 6.45) is 0. The number of rotatable bonds is 5. The highest BCUT2D eigenvalue weighted by Gasteiger charge is 2.32. The van der Waals surface area contributed by atoms with E-state index in [9.17, 15) is 4.79 Å². The van der Waals surface area contributed by atoms with E-state index in [0.29, 0.717) is 16.2 Å². The van der Waals surface area contributed by atoms with Gasteiger partial charge in [-0.2, -0.15) is 0 Å². The van der Waals surface area contributed by atoms with Crippen molar-refractivity contribution in [3.8, 4) is 11.5 Å². The van der Waals surface area contributed by atoms with Gasteiger partial charge in [-0.1, -0.05) is 48.5 Å². The highest BCUT2D eigenvalue weighted by Crippen LogP contribution is 2.33. The van der Waals surface area contributed by atoms with Crippen LogP contribution in [0, 0.1) is 13.8 Å². The number of nitrogens with zero attached hydrogens (tertiary/aromatic N) is 1. The molecule has 0 saturated carbocycles. The van der Waals surface area contributed by atoms with Crippen LogP contribution in [0.2, 0.25) is 0 Å². The van der Waals surface area contributed by atoms with Gasteiger partial charge in [-0.25, -0.2) is 0 Å². The molecule has 0 aromatic heterocycles. The first-order chi connectivity index (χ1) is 15.3. The van der Waals surface area contributed by atoms with E-state index in [0.717, 1.165) is 33.9 Å². The van der Waals surface area contributed by atoms with Crippen LogP contribution >= 0.6 is 12.2 Å². The predicted octanol–water partition coefficient (Wildman–Crippen LogP) is 6.11. The number of carbonyl (C=O) groups is 1. The fourth-order valence-electron chi connectivity index (χ4n) is 3.98. The monoisotopic (exact) mass is 442 g/mol. The Morgan fingerprint density at radius 1 is 0.906 bits per heavy atom. The number of hydrogen-bond acceptors (Lipinski definition) is 3. The zero-order valence-electron chi connectivity index (χ0n) is 18.7. The number of allylic oxidation sites excluding steroid dienone is 1. The van der Waals surface area contributed by atoms with Crippen LogP contribution in [-0.2, 0) is 0 Å². The van der Waals surface area contributed by atoms with Gasteiger partial charge in [-0.15, -0.1) is 0 Å². The summed E-state index contributed by atoms with van der Waals surface area (Å²) in [6, 6.07) is 23.0. The second kappa shape index (κ2) is 8.97. The lowest BCUT2D eigenvalue weighted by atomic mass is 9.89. The van der Waals surface area contributed by atoms with Gasteiger partial charge in [0.2, 0.25) is 0 Å². The summed E-state index contributed by atoms with van der Waals surface area (Å²) in [5.41, 5.74) is 5.46. The minimum Gasteiger partial charge on any atom is -0.457 e. The van der Waals surface area contributed by atoms with Crippen molar-refractivity contribution >= 4 is 23.1 Å². The zero-order valence-corrected chi connectivity index (χ0v) is 19.5. The zero-order chi connectivity index (χ0) is 22.8. The van der Waals surface area contributed by atoms with Crippen molar-refractivity contribution in [1.82, 2.24) is 10.2 Å². The topological polar surface area (TPSA) is 41.6 Å². The first-order valence-electron chi connectivity index (χ1n) is 10.5. The largest absolute Gasteiger partial charge is 0.457 e. The van der Waals surface area contributed by atoms with E-state index >= 15 is 0 Å². The molecule has 4 nitrogen and oxygen atoms in total. The molecule has 1 N–H and O–H groups in total. The second-order valence-corrected chi connectivity index (χ2v) is 8.52. The molecular weight excluding hydrogens is 416 g/mol. The lowest BCUT2D eigenvalue weighted by Gasteiger charge is -2.36. The number of carbonyl (C=O) groups excluding carboxylic acids is 1. The summed E-state index contributed by atoms with van der Waals surface area (Å²) in [5.74, 6) is 1.54. The molecule has 32 heavy (non-hydrogen) atoms. The van der Waals surface area contributed by atoms with Gasteiger partial charge >= 0.3 is 0 Å². The molecule has 0 saturated heterocycles. The van der Waals surface area contributed by atoms with E-state index in [1.165, 1.54) is 0 Å². The molecule has 0 radical (unpaired) electrons. The molecule has 1 aliphatic heterocycles. The summed E-state index contributed by atoms with van der Waals surface area (Å²) in [7, 11) is 1.87. The van der Waals surface area contributed by atoms with Gasteiger partial charge in [0, 0.05) is 23.9 Å². The summed E-state index contributed by atoms with van der Waals surface area (Å²) < 4.78 is 6.05. The average Bonchev–Trinajstić information content (AvgIpc) is 2.77. The van der Waals surface area contributed by atoms with Crippen LogP contribution in [0.3, 0.4) is 0 Å². The molecule has 1 atom stereocenters. The number of aryl methyl sites for hydroxylation is 2. The molecule has 0 aliphatic carbocycles. The minimum atomic E-state index is -0.332. The van der Waals surface area contributed by atoms with Crippen molar-refractivity contribution in [2.75, 3.05) is 7.05 Å². The van der Waals surface area contributed by atoms with Gasteiger partial charge < -0.3 is 15.0 Å². The first kappa shape index (κ1) is 21.8. The summed E-state index contributed by atoms with van der Waals surface area (Å²) >= 11 is 5.52. The van der Waals surface area contributed by atoms with Crippen LogP contribution in [0.4, 0.5) is 0 Å². The Bertz CT molecular complexity index is 1180. The summed E-state index contributed by atoms with van der Waals surface area (Å²) in [4.78, 5) is 15.3. The standard InChI is InChI=1S/C27H26N2O2S/c1-17-14-18(2)16-23(15-17)31-22-12-10-20(11-13-22)25-24(19(3)29(4)27(32)28-25)26(30)21-8-6-5-7-9-21/h5-16,25H,1-4H3,(H,28,32). The molecule has 0 amide bonds. The van der Waals surface area contributed by atoms with Crippen LogP contribution in [0.5, 0.6) is 11.5 Å². The van der Waals surface area contributed by atoms with Crippen LogP contribution < -0.4 is 10.1 Å². The van der Waals surface area contributed by atoms with Gasteiger partial charge in [-0.05, 0) is 73.9 Å². The maximum absolute atomic E-state index is 13.4. The maximum atomic E-state index is 13.4. The number of Topliss-reactive ketones (excluding diaryl/α,β-unsaturated/α-hetero) is 1. The number of ketones is 1. The number of benzene rings is 3. The first-order valence-corrected chi connectivity index (χ1v) is 10.9. The molecule has 1 aliphatic rings. The third kappa shape index (κ3) is 4.43. The van der Waals surface area contributed by atoms with Crippen molar-refractivity contribution in [1.29, 1.82) is 0 Å². The van der Waals surface area contributed by atoms with Gasteiger partial charge in [0.25, 0.3) is 0 Å². The average molecular weight is 443 g/mol. The Kier molecular flexibility index (Phi) is 6.10. The van der Waals surface area contributed by atoms with E-state index in [4.69, 9.17) is 17.0 Å². The van der Waals surface area contributed by atoms with E-state index in [-0.39, 0.29) is 11.8 Å². The van der Waals surface area contributed by atoms with Gasteiger partial charge in [0.05, 0.1) is 6.04 Å². The molecule has 1 heterocycles. The van der Waals surface area contributed by atoms with Crippen LogP contribution in [0.1, 0.15) is 40.0 Å². The molecule has 3 aromatic carbocycles. The smallest absolute Gasteiger partial charge is 0.193 e. The highest BCUT2D eigenvalue weighted by molar-refractivity contribution is 7.80. The molecule has 1 unspecified atom stereocenters. The predicted molar refractivity (Wildman–Crippen MR) is 132 cm³/mol. The minimum absolute atomic E-state index is 0.00878. The number of ether oxygens (including phenoxy) is 1. The lowest BCUT2D eigenvalue weighted by molar-refractivity contribution is 0.102. The molecule has 3 aromatic rings. The third-order valence-electron chi connectivity index (χ3n) is 5.68. The SMILES string of the molecule is CC1=C(C(=O)c2ccccc2)C(c2ccc(Oc3cc(C)cc(C)c3)cc2)NC(=S)N1C. The number of nitrogens with one attached hydrogen (secondary N) is 1. The van der Waals surface area contributed by atoms with Crippen LogP contribution in [0.15, 0.2) is 84.1 Å². The van der Waals surface area contributed by atoms with E-state index in [1.807, 2.05) is 85.6 Å². The Balaban J connectivity index is 1.66. The Labute approximate surface area is 194 Å². The fourth-order valence-corrected chi connectivity index (χ4v) is 4.24. The molecular formula is C27H26N2O2S.